The van der Waals surface area contributed by atoms with Crippen molar-refractivity contribution in [2.24, 2.45) is 0 Å². The third-order valence-electron chi connectivity index (χ3n) is 15.3. The fraction of sp³-hybridized carbons (Fsp3) is 0.0746. The molecule has 13 rings (SSSR count). The van der Waals surface area contributed by atoms with E-state index in [1.54, 1.807) is 0 Å². The highest BCUT2D eigenvalue weighted by atomic mass is 28.3. The van der Waals surface area contributed by atoms with Crippen molar-refractivity contribution in [1.82, 2.24) is 0 Å². The molecule has 0 unspecified atom stereocenters. The molecule has 334 valence electrons. The molecule has 0 radical (unpaired) electrons. The number of hydrogen-bond acceptors (Lipinski definition) is 2. The molecule has 1 aromatic heterocycles. The topological polar surface area (TPSA) is 16.4 Å². The van der Waals surface area contributed by atoms with Gasteiger partial charge in [-0.2, -0.15) is 0 Å². The van der Waals surface area contributed by atoms with E-state index in [1.165, 1.54) is 71.9 Å². The van der Waals surface area contributed by atoms with Gasteiger partial charge in [0.1, 0.15) is 5.58 Å². The van der Waals surface area contributed by atoms with Crippen LogP contribution in [0.2, 0.25) is 19.6 Å². The molecule has 0 amide bonds. The smallest absolute Gasteiger partial charge is 0.143 e. The van der Waals surface area contributed by atoms with E-state index < -0.39 is 18.9 Å². The van der Waals surface area contributed by atoms with Crippen molar-refractivity contribution in [2.75, 3.05) is 4.90 Å². The SMILES string of the molecule is C[Si](C)(C)c1ccc(-c2ccc(N(c3ccc4c(c3)C(c3ccccc3)(c3ccccc3)c3ccccc3-4)c3ccc4c(c3)C(c3ccccc3)(c3ccccc3)c3ccccc3-4)c3ccoc23)cc1. The molecule has 0 saturated heterocycles. The van der Waals surface area contributed by atoms with Gasteiger partial charge in [0, 0.05) is 22.3 Å². The summed E-state index contributed by atoms with van der Waals surface area (Å²) in [5.41, 5.74) is 20.2. The molecule has 2 aliphatic carbocycles. The fourth-order valence-electron chi connectivity index (χ4n) is 12.2. The minimum Gasteiger partial charge on any atom is -0.464 e. The van der Waals surface area contributed by atoms with Crippen LogP contribution in [0, 0.1) is 0 Å². The Bertz CT molecular complexity index is 3480. The molecule has 11 aromatic rings. The zero-order chi connectivity index (χ0) is 47.0. The molecular weight excluding hydrogens is 863 g/mol. The molecule has 0 fully saturated rings. The molecule has 0 atom stereocenters. The van der Waals surface area contributed by atoms with Gasteiger partial charge in [-0.05, 0) is 115 Å². The monoisotopic (exact) mass is 913 g/mol. The van der Waals surface area contributed by atoms with Crippen molar-refractivity contribution in [2.45, 2.75) is 30.5 Å². The van der Waals surface area contributed by atoms with Gasteiger partial charge >= 0.3 is 0 Å². The third kappa shape index (κ3) is 6.18. The van der Waals surface area contributed by atoms with Crippen molar-refractivity contribution in [3.8, 4) is 33.4 Å². The molecule has 0 aliphatic heterocycles. The van der Waals surface area contributed by atoms with Gasteiger partial charge in [-0.25, -0.2) is 0 Å². The van der Waals surface area contributed by atoms with Crippen molar-refractivity contribution in [3.05, 3.63) is 299 Å². The van der Waals surface area contributed by atoms with Crippen molar-refractivity contribution in [3.63, 3.8) is 0 Å². The van der Waals surface area contributed by atoms with Crippen LogP contribution in [0.4, 0.5) is 17.1 Å². The maximum absolute atomic E-state index is 6.58. The molecule has 2 aliphatic rings. The number of hydrogen-bond donors (Lipinski definition) is 0. The minimum atomic E-state index is -1.49. The van der Waals surface area contributed by atoms with Crippen LogP contribution in [0.25, 0.3) is 44.3 Å². The lowest BCUT2D eigenvalue weighted by Gasteiger charge is -2.36. The van der Waals surface area contributed by atoms with E-state index in [9.17, 15) is 0 Å². The Hall–Kier alpha value is -8.24. The predicted octanol–water partition coefficient (Wildman–Crippen LogP) is 16.8. The third-order valence-corrected chi connectivity index (χ3v) is 17.4. The van der Waals surface area contributed by atoms with Gasteiger partial charge in [-0.1, -0.05) is 231 Å². The lowest BCUT2D eigenvalue weighted by atomic mass is 9.67. The summed E-state index contributed by atoms with van der Waals surface area (Å²) in [5.74, 6) is 0. The van der Waals surface area contributed by atoms with E-state index in [2.05, 4.69) is 273 Å². The second kappa shape index (κ2) is 16.2. The summed E-state index contributed by atoms with van der Waals surface area (Å²) in [6.45, 7) is 7.21. The van der Waals surface area contributed by atoms with Crippen LogP contribution >= 0.6 is 0 Å². The molecule has 0 spiro atoms. The van der Waals surface area contributed by atoms with Gasteiger partial charge in [-0.15, -0.1) is 0 Å². The zero-order valence-electron chi connectivity index (χ0n) is 39.6. The summed E-state index contributed by atoms with van der Waals surface area (Å²) in [5, 5.41) is 2.49. The lowest BCUT2D eigenvalue weighted by molar-refractivity contribution is 0.617. The summed E-state index contributed by atoms with van der Waals surface area (Å²) < 4.78 is 6.58. The first-order valence-electron chi connectivity index (χ1n) is 24.5. The van der Waals surface area contributed by atoms with Gasteiger partial charge in [0.25, 0.3) is 0 Å². The Labute approximate surface area is 411 Å². The minimum absolute atomic E-state index is 0.567. The molecule has 0 bridgehead atoms. The molecule has 70 heavy (non-hydrogen) atoms. The first kappa shape index (κ1) is 41.9. The summed E-state index contributed by atoms with van der Waals surface area (Å²) in [4.78, 5) is 2.49. The van der Waals surface area contributed by atoms with E-state index in [0.29, 0.717) is 0 Å². The van der Waals surface area contributed by atoms with E-state index >= 15 is 0 Å². The number of nitrogens with zero attached hydrogens (tertiary/aromatic N) is 1. The molecule has 10 aromatic carbocycles. The predicted molar refractivity (Wildman–Crippen MR) is 294 cm³/mol. The van der Waals surface area contributed by atoms with Crippen LogP contribution in [0.3, 0.4) is 0 Å². The molecule has 3 heteroatoms. The van der Waals surface area contributed by atoms with Crippen molar-refractivity contribution < 1.29 is 4.42 Å². The summed E-state index contributed by atoms with van der Waals surface area (Å²) in [7, 11) is -1.49. The van der Waals surface area contributed by atoms with Gasteiger partial charge < -0.3 is 9.32 Å². The van der Waals surface area contributed by atoms with Gasteiger partial charge in [-0.3, -0.25) is 0 Å². The Kier molecular flexibility index (Phi) is 9.69. The Morgan fingerprint density at radius 3 is 1.20 bits per heavy atom. The van der Waals surface area contributed by atoms with E-state index in [4.69, 9.17) is 4.42 Å². The second-order valence-corrected chi connectivity index (χ2v) is 25.1. The van der Waals surface area contributed by atoms with E-state index in [-0.39, 0.29) is 0 Å². The number of benzene rings is 10. The van der Waals surface area contributed by atoms with Gasteiger partial charge in [0.2, 0.25) is 0 Å². The number of rotatable bonds is 9. The van der Waals surface area contributed by atoms with E-state index in [1.807, 2.05) is 6.26 Å². The quantitative estimate of drug-likeness (QED) is 0.134. The molecular formula is C67H51NOSi. The highest BCUT2D eigenvalue weighted by Crippen LogP contribution is 2.60. The van der Waals surface area contributed by atoms with Crippen LogP contribution < -0.4 is 10.1 Å². The summed E-state index contributed by atoms with van der Waals surface area (Å²) >= 11 is 0. The normalized spacial score (nSPS) is 13.9. The van der Waals surface area contributed by atoms with Crippen LogP contribution in [0.15, 0.2) is 259 Å². The average molecular weight is 914 g/mol. The summed E-state index contributed by atoms with van der Waals surface area (Å²) in [6.07, 6.45) is 1.86. The maximum atomic E-state index is 6.58. The van der Waals surface area contributed by atoms with Crippen LogP contribution in [-0.4, -0.2) is 8.07 Å². The van der Waals surface area contributed by atoms with Gasteiger partial charge in [0.05, 0.1) is 30.9 Å². The standard InChI is InChI=1S/C67H51NOSi/c1-70(2,3)53-36-32-46(33-37-53)54-40-41-64(59-42-43-69-65(54)59)68(51-34-38-57-55-28-16-18-30-60(55)66(62(57)44-51,47-20-8-4-9-21-47)48-22-10-5-11-23-48)52-35-39-58-56-29-17-19-31-61(56)67(63(58)45-52,49-24-12-6-13-25-49)50-26-14-7-15-27-50/h4-45H,1-3H3. The maximum Gasteiger partial charge on any atom is 0.143 e. The largest absolute Gasteiger partial charge is 0.464 e. The Morgan fingerprint density at radius 2 is 0.757 bits per heavy atom. The number of anilines is 3. The molecule has 0 N–H and O–H groups in total. The zero-order valence-corrected chi connectivity index (χ0v) is 40.6. The van der Waals surface area contributed by atoms with Gasteiger partial charge in [0.15, 0.2) is 0 Å². The first-order chi connectivity index (χ1) is 34.4. The Morgan fingerprint density at radius 1 is 0.357 bits per heavy atom. The highest BCUT2D eigenvalue weighted by molar-refractivity contribution is 6.88. The van der Waals surface area contributed by atoms with Crippen molar-refractivity contribution >= 4 is 41.3 Å². The molecule has 1 heterocycles. The first-order valence-corrected chi connectivity index (χ1v) is 28.0. The number of furan rings is 1. The second-order valence-electron chi connectivity index (χ2n) is 20.0. The molecule has 2 nitrogen and oxygen atoms in total. The van der Waals surface area contributed by atoms with Crippen molar-refractivity contribution in [1.29, 1.82) is 0 Å². The lowest BCUT2D eigenvalue weighted by Crippen LogP contribution is -2.37. The van der Waals surface area contributed by atoms with Crippen LogP contribution in [0.1, 0.15) is 44.5 Å². The average Bonchev–Trinajstić information content (AvgIpc) is 4.11. The summed E-state index contributed by atoms with van der Waals surface area (Å²) in [6, 6.07) is 92.7. The van der Waals surface area contributed by atoms with E-state index in [0.717, 1.165) is 39.2 Å². The fourth-order valence-corrected chi connectivity index (χ4v) is 13.4. The number of fused-ring (bicyclic) bond motifs is 7. The van der Waals surface area contributed by atoms with Crippen LogP contribution in [-0.2, 0) is 10.8 Å². The highest BCUT2D eigenvalue weighted by Gasteiger charge is 2.48. The Balaban J connectivity index is 1.10. The molecule has 0 saturated carbocycles. The van der Waals surface area contributed by atoms with Crippen LogP contribution in [0.5, 0.6) is 0 Å².